The number of aromatic amines is 1. The van der Waals surface area contributed by atoms with Gasteiger partial charge in [-0.2, -0.15) is 0 Å². The molecule has 116 valence electrons. The Kier molecular flexibility index (Phi) is 6.02. The number of amides is 1. The van der Waals surface area contributed by atoms with Crippen LogP contribution in [0.4, 0.5) is 4.79 Å². The van der Waals surface area contributed by atoms with Crippen molar-refractivity contribution in [2.45, 2.75) is 32.8 Å². The van der Waals surface area contributed by atoms with Crippen molar-refractivity contribution in [2.75, 3.05) is 13.7 Å². The summed E-state index contributed by atoms with van der Waals surface area (Å²) in [6.45, 7) is 5.94. The molecular formula is C15H22N2O4. The van der Waals surface area contributed by atoms with Crippen LogP contribution in [0.2, 0.25) is 0 Å². The minimum Gasteiger partial charge on any atom is -0.464 e. The number of aromatic nitrogens is 1. The van der Waals surface area contributed by atoms with Crippen LogP contribution in [0.1, 0.15) is 43.2 Å². The molecule has 0 bridgehead atoms. The molecular weight excluding hydrogens is 272 g/mol. The Morgan fingerprint density at radius 3 is 2.71 bits per heavy atom. The second-order valence-electron chi connectivity index (χ2n) is 5.46. The van der Waals surface area contributed by atoms with E-state index < -0.39 is 17.7 Å². The third-order valence-corrected chi connectivity index (χ3v) is 2.40. The molecule has 0 atom stereocenters. The standard InChI is InChI=1S/C15H22N2O4/c1-15(2,3)21-14(19)16-8-6-5-7-11-9-12(17-10-11)13(18)20-4/h5,7,9-10,17H,6,8H2,1-4H3,(H,16,19). The lowest BCUT2D eigenvalue weighted by Crippen LogP contribution is -2.32. The van der Waals surface area contributed by atoms with Crippen LogP contribution in [0, 0.1) is 0 Å². The molecule has 0 radical (unpaired) electrons. The van der Waals surface area contributed by atoms with Gasteiger partial charge >= 0.3 is 12.1 Å². The average molecular weight is 294 g/mol. The first-order valence-corrected chi connectivity index (χ1v) is 6.72. The first-order valence-electron chi connectivity index (χ1n) is 6.72. The summed E-state index contributed by atoms with van der Waals surface area (Å²) < 4.78 is 9.72. The number of rotatable bonds is 5. The molecule has 1 amide bonds. The minimum absolute atomic E-state index is 0.402. The van der Waals surface area contributed by atoms with Gasteiger partial charge in [0.15, 0.2) is 0 Å². The topological polar surface area (TPSA) is 80.4 Å². The van der Waals surface area contributed by atoms with E-state index in [1.54, 1.807) is 12.3 Å². The van der Waals surface area contributed by atoms with E-state index in [1.807, 2.05) is 32.9 Å². The number of alkyl carbamates (subject to hydrolysis) is 1. The molecule has 21 heavy (non-hydrogen) atoms. The summed E-state index contributed by atoms with van der Waals surface area (Å²) in [5, 5.41) is 2.66. The summed E-state index contributed by atoms with van der Waals surface area (Å²) in [7, 11) is 1.33. The van der Waals surface area contributed by atoms with Crippen molar-refractivity contribution in [1.82, 2.24) is 10.3 Å². The zero-order valence-corrected chi connectivity index (χ0v) is 12.9. The largest absolute Gasteiger partial charge is 0.464 e. The van der Waals surface area contributed by atoms with E-state index >= 15 is 0 Å². The number of H-pyrrole nitrogens is 1. The molecule has 0 aromatic carbocycles. The maximum atomic E-state index is 11.4. The SMILES string of the molecule is COC(=O)c1cc(C=CCCNC(=O)OC(C)(C)C)c[nH]1. The van der Waals surface area contributed by atoms with Crippen LogP contribution in [0.5, 0.6) is 0 Å². The molecule has 2 N–H and O–H groups in total. The molecule has 0 aliphatic carbocycles. The normalized spacial score (nSPS) is 11.4. The van der Waals surface area contributed by atoms with Crippen LogP contribution in [0.15, 0.2) is 18.3 Å². The lowest BCUT2D eigenvalue weighted by Gasteiger charge is -2.19. The van der Waals surface area contributed by atoms with Crippen LogP contribution < -0.4 is 5.32 Å². The monoisotopic (exact) mass is 294 g/mol. The number of carbonyl (C=O) groups is 2. The van der Waals surface area contributed by atoms with Crippen molar-refractivity contribution >= 4 is 18.1 Å². The minimum atomic E-state index is -0.491. The summed E-state index contributed by atoms with van der Waals surface area (Å²) >= 11 is 0. The van der Waals surface area contributed by atoms with E-state index in [0.29, 0.717) is 18.7 Å². The van der Waals surface area contributed by atoms with Crippen molar-refractivity contribution in [3.05, 3.63) is 29.6 Å². The number of hydrogen-bond acceptors (Lipinski definition) is 4. The average Bonchev–Trinajstić information content (AvgIpc) is 2.84. The van der Waals surface area contributed by atoms with Gasteiger partial charge in [0.05, 0.1) is 7.11 Å². The van der Waals surface area contributed by atoms with E-state index in [2.05, 4.69) is 15.0 Å². The summed E-state index contributed by atoms with van der Waals surface area (Å²) in [4.78, 5) is 25.5. The second-order valence-corrected chi connectivity index (χ2v) is 5.46. The van der Waals surface area contributed by atoms with Gasteiger partial charge in [-0.3, -0.25) is 0 Å². The van der Waals surface area contributed by atoms with Crippen LogP contribution in [-0.2, 0) is 9.47 Å². The molecule has 1 rings (SSSR count). The third-order valence-electron chi connectivity index (χ3n) is 2.40. The van der Waals surface area contributed by atoms with E-state index in [4.69, 9.17) is 4.74 Å². The highest BCUT2D eigenvalue weighted by atomic mass is 16.6. The quantitative estimate of drug-likeness (QED) is 0.646. The molecule has 6 heteroatoms. The van der Waals surface area contributed by atoms with Crippen LogP contribution in [0.25, 0.3) is 6.08 Å². The summed E-state index contributed by atoms with van der Waals surface area (Å²) in [5.41, 5.74) is 0.784. The smallest absolute Gasteiger partial charge is 0.407 e. The van der Waals surface area contributed by atoms with Crippen molar-refractivity contribution in [3.63, 3.8) is 0 Å². The van der Waals surface area contributed by atoms with Gasteiger partial charge in [-0.15, -0.1) is 0 Å². The fraction of sp³-hybridized carbons (Fsp3) is 0.467. The van der Waals surface area contributed by atoms with Gasteiger partial charge in [-0.1, -0.05) is 12.2 Å². The van der Waals surface area contributed by atoms with Gasteiger partial charge in [-0.25, -0.2) is 9.59 Å². The predicted octanol–water partition coefficient (Wildman–Crippen LogP) is 2.73. The lowest BCUT2D eigenvalue weighted by atomic mass is 10.2. The molecule has 0 spiro atoms. The van der Waals surface area contributed by atoms with Gasteiger partial charge < -0.3 is 19.8 Å². The van der Waals surface area contributed by atoms with Gasteiger partial charge in [-0.05, 0) is 38.8 Å². The zero-order valence-electron chi connectivity index (χ0n) is 12.9. The number of nitrogens with one attached hydrogen (secondary N) is 2. The Balaban J connectivity index is 2.31. The highest BCUT2D eigenvalue weighted by molar-refractivity contribution is 5.88. The van der Waals surface area contributed by atoms with Gasteiger partial charge in [0.1, 0.15) is 11.3 Å². The Hall–Kier alpha value is -2.24. The number of methoxy groups -OCH3 is 1. The first-order chi connectivity index (χ1) is 9.81. The van der Waals surface area contributed by atoms with Gasteiger partial charge in [0, 0.05) is 12.7 Å². The van der Waals surface area contributed by atoms with Gasteiger partial charge in [0.25, 0.3) is 0 Å². The van der Waals surface area contributed by atoms with E-state index in [1.165, 1.54) is 7.11 Å². The maximum Gasteiger partial charge on any atom is 0.407 e. The Bertz CT molecular complexity index is 512. The summed E-state index contributed by atoms with van der Waals surface area (Å²) in [5.74, 6) is -0.402. The van der Waals surface area contributed by atoms with E-state index in [0.717, 1.165) is 5.56 Å². The number of ether oxygens (including phenoxy) is 2. The molecule has 0 unspecified atom stereocenters. The van der Waals surface area contributed by atoms with Crippen LogP contribution in [0.3, 0.4) is 0 Å². The molecule has 0 saturated heterocycles. The molecule has 0 aliphatic rings. The maximum absolute atomic E-state index is 11.4. The van der Waals surface area contributed by atoms with Gasteiger partial charge in [0.2, 0.25) is 0 Å². The number of hydrogen-bond donors (Lipinski definition) is 2. The van der Waals surface area contributed by atoms with Crippen LogP contribution in [-0.4, -0.2) is 36.3 Å². The van der Waals surface area contributed by atoms with E-state index in [-0.39, 0.29) is 0 Å². The van der Waals surface area contributed by atoms with Crippen molar-refractivity contribution < 1.29 is 19.1 Å². The Morgan fingerprint density at radius 2 is 2.10 bits per heavy atom. The highest BCUT2D eigenvalue weighted by Crippen LogP contribution is 2.08. The number of carbonyl (C=O) groups excluding carboxylic acids is 2. The fourth-order valence-electron chi connectivity index (χ4n) is 1.53. The van der Waals surface area contributed by atoms with Crippen molar-refractivity contribution in [2.24, 2.45) is 0 Å². The molecule has 6 nitrogen and oxygen atoms in total. The van der Waals surface area contributed by atoms with E-state index in [9.17, 15) is 9.59 Å². The van der Waals surface area contributed by atoms with Crippen molar-refractivity contribution in [3.8, 4) is 0 Å². The number of esters is 1. The van der Waals surface area contributed by atoms with Crippen LogP contribution >= 0.6 is 0 Å². The molecule has 0 saturated carbocycles. The zero-order chi connectivity index (χ0) is 15.9. The lowest BCUT2D eigenvalue weighted by molar-refractivity contribution is 0.0527. The highest BCUT2D eigenvalue weighted by Gasteiger charge is 2.15. The summed E-state index contributed by atoms with van der Waals surface area (Å²) in [6, 6.07) is 1.70. The second kappa shape index (κ2) is 7.52. The summed E-state index contributed by atoms with van der Waals surface area (Å²) in [6.07, 6.45) is 5.72. The van der Waals surface area contributed by atoms with Crippen molar-refractivity contribution in [1.29, 1.82) is 0 Å². The molecule has 1 aromatic rings. The Morgan fingerprint density at radius 1 is 1.38 bits per heavy atom. The molecule has 1 heterocycles. The fourth-order valence-corrected chi connectivity index (χ4v) is 1.53. The Labute approximate surface area is 124 Å². The molecule has 1 aromatic heterocycles. The molecule has 0 fully saturated rings. The third kappa shape index (κ3) is 6.65. The first kappa shape index (κ1) is 16.8. The predicted molar refractivity (Wildman–Crippen MR) is 80.0 cm³/mol. The molecule has 0 aliphatic heterocycles.